The van der Waals surface area contributed by atoms with E-state index in [9.17, 15) is 4.79 Å². The van der Waals surface area contributed by atoms with Crippen molar-refractivity contribution < 1.29 is 14.3 Å². The number of ether oxygens (including phenoxy) is 2. The molecule has 0 N–H and O–H groups in total. The van der Waals surface area contributed by atoms with Crippen LogP contribution in [0, 0.1) is 17.8 Å². The van der Waals surface area contributed by atoms with Gasteiger partial charge in [-0.1, -0.05) is 25.7 Å². The number of hydrogen-bond acceptors (Lipinski definition) is 3. The molecule has 0 aromatic heterocycles. The van der Waals surface area contributed by atoms with Gasteiger partial charge in [-0.2, -0.15) is 0 Å². The smallest absolute Gasteiger partial charge is 0.435 e. The Bertz CT molecular complexity index is 198. The molecule has 0 saturated heterocycles. The van der Waals surface area contributed by atoms with Crippen LogP contribution in [0.4, 0.5) is 4.79 Å². The predicted octanol–water partition coefficient (Wildman–Crippen LogP) is 2.21. The minimum absolute atomic E-state index is 0.117. The minimum atomic E-state index is -0.652. The normalized spacial score (nSPS) is 8.92. The van der Waals surface area contributed by atoms with Gasteiger partial charge in [-0.05, 0) is 12.8 Å². The molecule has 0 radical (unpaired) electrons. The lowest BCUT2D eigenvalue weighted by molar-refractivity contribution is 0.0686. The lowest BCUT2D eigenvalue weighted by atomic mass is 10.1. The molecule has 0 saturated carbocycles. The summed E-state index contributed by atoms with van der Waals surface area (Å²) in [5, 5.41) is 0. The third kappa shape index (κ3) is 8.74. The summed E-state index contributed by atoms with van der Waals surface area (Å²) in [7, 11) is 0. The average Bonchev–Trinajstić information content (AvgIpc) is 2.03. The zero-order valence-corrected chi connectivity index (χ0v) is 8.42. The summed E-state index contributed by atoms with van der Waals surface area (Å²) in [6.45, 7) is 6.34. The van der Waals surface area contributed by atoms with E-state index >= 15 is 0 Å². The van der Waals surface area contributed by atoms with Gasteiger partial charge in [0.05, 0.1) is 6.61 Å². The van der Waals surface area contributed by atoms with Gasteiger partial charge in [-0.3, -0.25) is 0 Å². The minimum Gasteiger partial charge on any atom is -0.435 e. The highest BCUT2D eigenvalue weighted by Gasteiger charge is 1.97. The summed E-state index contributed by atoms with van der Waals surface area (Å²) >= 11 is 0. The Hall–Kier alpha value is -1.17. The van der Waals surface area contributed by atoms with Crippen LogP contribution in [0.3, 0.4) is 0 Å². The van der Waals surface area contributed by atoms with Gasteiger partial charge < -0.3 is 9.47 Å². The molecule has 74 valence electrons. The average molecular weight is 184 g/mol. The number of carbonyl (C=O) groups excluding carboxylic acids is 1. The van der Waals surface area contributed by atoms with Gasteiger partial charge in [-0.25, -0.2) is 4.79 Å². The van der Waals surface area contributed by atoms with Gasteiger partial charge in [0.1, 0.15) is 0 Å². The molecule has 0 heterocycles. The summed E-state index contributed by atoms with van der Waals surface area (Å²) < 4.78 is 9.17. The molecule has 0 atom stereocenters. The molecule has 3 heteroatoms. The Balaban J connectivity index is 3.41. The third-order valence-electron chi connectivity index (χ3n) is 1.16. The molecule has 0 aliphatic heterocycles. The molecule has 3 nitrogen and oxygen atoms in total. The second-order valence-electron chi connectivity index (χ2n) is 2.92. The van der Waals surface area contributed by atoms with E-state index in [1.54, 1.807) is 6.92 Å². The maximum absolute atomic E-state index is 10.6. The molecule has 0 bridgehead atoms. The first kappa shape index (κ1) is 11.8. The zero-order chi connectivity index (χ0) is 10.1. The second-order valence-corrected chi connectivity index (χ2v) is 2.92. The number of hydrogen-bond donors (Lipinski definition) is 0. The fourth-order valence-corrected chi connectivity index (χ4v) is 0.582. The summed E-state index contributed by atoms with van der Waals surface area (Å²) in [5.74, 6) is 6.18. The van der Waals surface area contributed by atoms with Crippen LogP contribution in [0.1, 0.15) is 27.2 Å². The zero-order valence-electron chi connectivity index (χ0n) is 8.42. The van der Waals surface area contributed by atoms with Gasteiger partial charge in [0, 0.05) is 6.42 Å². The highest BCUT2D eigenvalue weighted by molar-refractivity contribution is 5.59. The van der Waals surface area contributed by atoms with E-state index in [1.165, 1.54) is 0 Å². The van der Waals surface area contributed by atoms with Crippen LogP contribution in [0.25, 0.3) is 0 Å². The van der Waals surface area contributed by atoms with Gasteiger partial charge >= 0.3 is 6.16 Å². The Morgan fingerprint density at radius 3 is 2.54 bits per heavy atom. The Labute approximate surface area is 79.4 Å². The summed E-state index contributed by atoms with van der Waals surface area (Å²) in [4.78, 5) is 10.6. The van der Waals surface area contributed by atoms with Crippen molar-refractivity contribution in [3.05, 3.63) is 0 Å². The molecule has 0 aliphatic carbocycles. The molecule has 0 spiro atoms. The first-order valence-corrected chi connectivity index (χ1v) is 4.42. The van der Waals surface area contributed by atoms with Crippen LogP contribution in [0.5, 0.6) is 0 Å². The van der Waals surface area contributed by atoms with Gasteiger partial charge in [0.15, 0.2) is 6.61 Å². The summed E-state index contributed by atoms with van der Waals surface area (Å²) in [6.07, 6.45) is 0.174. The standard InChI is InChI=1S/C10H16O3/c1-4-12-10(11)13-8-6-5-7-9(2)3/h9H,4,7-8H2,1-3H3. The fourth-order valence-electron chi connectivity index (χ4n) is 0.582. The molecule has 13 heavy (non-hydrogen) atoms. The Morgan fingerprint density at radius 2 is 2.00 bits per heavy atom. The fraction of sp³-hybridized carbons (Fsp3) is 0.700. The van der Waals surface area contributed by atoms with E-state index in [0.29, 0.717) is 12.5 Å². The van der Waals surface area contributed by atoms with Crippen molar-refractivity contribution in [2.24, 2.45) is 5.92 Å². The topological polar surface area (TPSA) is 35.5 Å². The molecular weight excluding hydrogens is 168 g/mol. The van der Waals surface area contributed by atoms with Crippen molar-refractivity contribution in [3.63, 3.8) is 0 Å². The lowest BCUT2D eigenvalue weighted by Gasteiger charge is -1.99. The summed E-state index contributed by atoms with van der Waals surface area (Å²) in [6, 6.07) is 0. The van der Waals surface area contributed by atoms with E-state index in [-0.39, 0.29) is 6.61 Å². The van der Waals surface area contributed by atoms with Crippen molar-refractivity contribution >= 4 is 6.16 Å². The van der Waals surface area contributed by atoms with E-state index in [4.69, 9.17) is 0 Å². The third-order valence-corrected chi connectivity index (χ3v) is 1.16. The molecule has 0 rings (SSSR count). The van der Waals surface area contributed by atoms with E-state index in [1.807, 2.05) is 0 Å². The van der Waals surface area contributed by atoms with E-state index in [0.717, 1.165) is 6.42 Å². The SMILES string of the molecule is CCOC(=O)OCC#CCC(C)C. The molecular formula is C10H16O3. The second kappa shape index (κ2) is 7.48. The van der Waals surface area contributed by atoms with Crippen molar-refractivity contribution in [1.82, 2.24) is 0 Å². The van der Waals surface area contributed by atoms with Gasteiger partial charge in [0.25, 0.3) is 0 Å². The van der Waals surface area contributed by atoms with E-state index < -0.39 is 6.16 Å². The van der Waals surface area contributed by atoms with Crippen LogP contribution >= 0.6 is 0 Å². The van der Waals surface area contributed by atoms with E-state index in [2.05, 4.69) is 35.2 Å². The predicted molar refractivity (Wildman–Crippen MR) is 50.2 cm³/mol. The lowest BCUT2D eigenvalue weighted by Crippen LogP contribution is -2.06. The molecule has 0 aromatic rings. The maximum Gasteiger partial charge on any atom is 0.509 e. The highest BCUT2D eigenvalue weighted by Crippen LogP contribution is 1.95. The molecule has 0 aliphatic rings. The number of carbonyl (C=O) groups is 1. The van der Waals surface area contributed by atoms with Crippen LogP contribution in [-0.2, 0) is 9.47 Å². The van der Waals surface area contributed by atoms with Crippen molar-refractivity contribution in [3.8, 4) is 11.8 Å². The first-order chi connectivity index (χ1) is 6.16. The first-order valence-electron chi connectivity index (χ1n) is 4.42. The number of rotatable bonds is 3. The van der Waals surface area contributed by atoms with Gasteiger partial charge in [-0.15, -0.1) is 0 Å². The highest BCUT2D eigenvalue weighted by atomic mass is 16.7. The monoisotopic (exact) mass is 184 g/mol. The molecule has 0 amide bonds. The maximum atomic E-state index is 10.6. The van der Waals surface area contributed by atoms with Crippen LogP contribution < -0.4 is 0 Å². The van der Waals surface area contributed by atoms with Gasteiger partial charge in [0.2, 0.25) is 0 Å². The Morgan fingerprint density at radius 1 is 1.31 bits per heavy atom. The van der Waals surface area contributed by atoms with Crippen LogP contribution in [-0.4, -0.2) is 19.4 Å². The summed E-state index contributed by atoms with van der Waals surface area (Å²) in [5.41, 5.74) is 0. The molecule has 0 unspecified atom stereocenters. The Kier molecular flexibility index (Phi) is 6.80. The van der Waals surface area contributed by atoms with Crippen molar-refractivity contribution in [2.45, 2.75) is 27.2 Å². The molecule has 0 fully saturated rings. The largest absolute Gasteiger partial charge is 0.509 e. The van der Waals surface area contributed by atoms with Crippen LogP contribution in [0.2, 0.25) is 0 Å². The quantitative estimate of drug-likeness (QED) is 0.498. The van der Waals surface area contributed by atoms with Crippen molar-refractivity contribution in [2.75, 3.05) is 13.2 Å². The van der Waals surface area contributed by atoms with Crippen LogP contribution in [0.15, 0.2) is 0 Å². The van der Waals surface area contributed by atoms with Crippen molar-refractivity contribution in [1.29, 1.82) is 0 Å². The molecule has 0 aromatic carbocycles.